The molecule has 3 aliphatic rings. The van der Waals surface area contributed by atoms with Crippen molar-refractivity contribution in [1.82, 2.24) is 9.88 Å². The molecule has 1 heterocycles. The molecule has 10 nitrogen and oxygen atoms in total. The largest absolute Gasteiger partial charge is 0.508 e. The van der Waals surface area contributed by atoms with Gasteiger partial charge in [-0.05, 0) is 63.0 Å². The average Bonchev–Trinajstić information content (AvgIpc) is 2.82. The molecule has 38 heavy (non-hydrogen) atoms. The van der Waals surface area contributed by atoms with Crippen molar-refractivity contribution < 1.29 is 34.8 Å². The second kappa shape index (κ2) is 9.07. The Morgan fingerprint density at radius 2 is 1.82 bits per heavy atom. The Morgan fingerprint density at radius 1 is 1.13 bits per heavy atom. The number of aromatic hydroxyl groups is 1. The van der Waals surface area contributed by atoms with E-state index in [0.717, 1.165) is 11.3 Å². The zero-order valence-corrected chi connectivity index (χ0v) is 20.5. The van der Waals surface area contributed by atoms with Gasteiger partial charge in [-0.1, -0.05) is 19.6 Å². The number of nitrogens with zero attached hydrogens (tertiary/aromatic N) is 2. The van der Waals surface area contributed by atoms with Gasteiger partial charge in [-0.2, -0.15) is 0 Å². The number of aliphatic hydroxyl groups excluding tert-OH is 2. The highest BCUT2D eigenvalue weighted by atomic mass is 16.3. The van der Waals surface area contributed by atoms with Crippen LogP contribution in [0.4, 0.5) is 0 Å². The Hall–Kier alpha value is -4.02. The van der Waals surface area contributed by atoms with E-state index >= 15 is 0 Å². The number of aryl methyl sites for hydroxylation is 1. The number of amides is 1. The molecule has 0 saturated heterocycles. The van der Waals surface area contributed by atoms with E-state index in [4.69, 9.17) is 5.73 Å². The summed E-state index contributed by atoms with van der Waals surface area (Å²) in [7, 11) is 3.13. The fraction of sp³-hybridized carbons (Fsp3) is 0.357. The molecule has 1 aromatic carbocycles. The van der Waals surface area contributed by atoms with Crippen molar-refractivity contribution in [3.05, 3.63) is 64.2 Å². The van der Waals surface area contributed by atoms with Gasteiger partial charge in [0, 0.05) is 28.9 Å². The average molecular weight is 522 g/mol. The number of benzene rings is 1. The van der Waals surface area contributed by atoms with Crippen molar-refractivity contribution in [2.24, 2.45) is 17.6 Å². The molecule has 0 aliphatic heterocycles. The first-order chi connectivity index (χ1) is 17.4. The minimum Gasteiger partial charge on any atom is -0.508 e. The number of phenolic OH excluding ortho intramolecular Hbond substituents is 1. The number of hydrogen-bond donors (Lipinski definition) is 5. The summed E-state index contributed by atoms with van der Waals surface area (Å²) in [5, 5.41) is 44.5. The summed E-state index contributed by atoms with van der Waals surface area (Å²) in [6.07, 6.45) is 1.93. The quantitative estimate of drug-likeness (QED) is 0.378. The molecule has 0 bridgehead atoms. The number of likely N-dealkylation sites (N-methyl/N-ethyl adjacent to an activating group) is 1. The Labute approximate surface area is 219 Å². The standard InChI is InChI=1S/C27H27N3O7.CH4/c1-11-4-5-12(10-29-11)14-6-7-17(31)19-15(14)8-13-9-16-21(30(2)3)23(33)20(26(28)36)25(35)27(16,37)24(34)18(13)22(19)32;/h4-7,10,13,16,21,31-32,35,37H,8-9H2,1-3H3,(H2,28,36);1H4/t13-,16-,21-,27-;/m0./s1. The van der Waals surface area contributed by atoms with E-state index in [9.17, 15) is 34.8 Å². The Bertz CT molecular complexity index is 1440. The molecule has 1 saturated carbocycles. The summed E-state index contributed by atoms with van der Waals surface area (Å²) in [5.41, 5.74) is 4.60. The van der Waals surface area contributed by atoms with Crippen molar-refractivity contribution in [1.29, 1.82) is 0 Å². The van der Waals surface area contributed by atoms with Gasteiger partial charge in [0.05, 0.1) is 11.6 Å². The van der Waals surface area contributed by atoms with Crippen molar-refractivity contribution in [2.75, 3.05) is 14.1 Å². The molecule has 1 fully saturated rings. The zero-order valence-electron chi connectivity index (χ0n) is 20.5. The number of nitrogens with two attached hydrogens (primary N) is 1. The van der Waals surface area contributed by atoms with E-state index in [0.29, 0.717) is 11.1 Å². The van der Waals surface area contributed by atoms with Crippen LogP contribution in [0.2, 0.25) is 0 Å². The van der Waals surface area contributed by atoms with Crippen LogP contribution in [0, 0.1) is 18.8 Å². The molecule has 0 radical (unpaired) electrons. The number of aromatic nitrogens is 1. The van der Waals surface area contributed by atoms with Gasteiger partial charge in [0.1, 0.15) is 22.8 Å². The monoisotopic (exact) mass is 521 g/mol. The third-order valence-corrected chi connectivity index (χ3v) is 7.83. The van der Waals surface area contributed by atoms with Crippen molar-refractivity contribution in [3.8, 4) is 16.9 Å². The highest BCUT2D eigenvalue weighted by Gasteiger charge is 2.64. The Kier molecular flexibility index (Phi) is 6.45. The minimum absolute atomic E-state index is 0. The van der Waals surface area contributed by atoms with E-state index in [2.05, 4.69) is 4.98 Å². The van der Waals surface area contributed by atoms with Crippen LogP contribution in [0.3, 0.4) is 0 Å². The normalized spacial score (nSPS) is 26.5. The van der Waals surface area contributed by atoms with Gasteiger partial charge in [0.25, 0.3) is 5.91 Å². The van der Waals surface area contributed by atoms with Gasteiger partial charge in [0.2, 0.25) is 5.78 Å². The molecule has 1 amide bonds. The predicted molar refractivity (Wildman–Crippen MR) is 139 cm³/mol. The van der Waals surface area contributed by atoms with Crippen molar-refractivity contribution in [3.63, 3.8) is 0 Å². The van der Waals surface area contributed by atoms with E-state index < -0.39 is 58.0 Å². The first kappa shape index (κ1) is 27.0. The summed E-state index contributed by atoms with van der Waals surface area (Å²) in [4.78, 5) is 44.9. The number of carbonyl (C=O) groups excluding carboxylic acids is 3. The topological polar surface area (TPSA) is 174 Å². The number of aliphatic hydroxyl groups is 3. The molecule has 200 valence electrons. The number of carbonyl (C=O) groups is 3. The predicted octanol–water partition coefficient (Wildman–Crippen LogP) is 1.97. The van der Waals surface area contributed by atoms with Crippen LogP contribution in [0.25, 0.3) is 16.9 Å². The summed E-state index contributed by atoms with van der Waals surface area (Å²) in [6, 6.07) is 5.69. The number of rotatable bonds is 3. The maximum absolute atomic E-state index is 13.9. The number of ketones is 2. The van der Waals surface area contributed by atoms with Crippen LogP contribution in [-0.2, 0) is 20.8 Å². The number of Topliss-reactive ketones (excluding diaryl/α,β-unsaturated/α-hetero) is 2. The van der Waals surface area contributed by atoms with Crippen LogP contribution in [0.5, 0.6) is 5.75 Å². The lowest BCUT2D eigenvalue weighted by Crippen LogP contribution is -2.65. The fourth-order valence-corrected chi connectivity index (χ4v) is 6.14. The SMILES string of the molecule is C.Cc1ccc(-c2ccc(O)c3c2C[C@H]2C[C@H]4[C@H](N(C)C)C(=O)C(C(N)=O)=C(O)[C@@]4(O)C(=O)C2=C3O)cn1. The number of phenols is 1. The highest BCUT2D eigenvalue weighted by molar-refractivity contribution is 6.24. The number of fused-ring (bicyclic) bond motifs is 3. The van der Waals surface area contributed by atoms with Gasteiger partial charge < -0.3 is 26.2 Å². The maximum Gasteiger partial charge on any atom is 0.255 e. The molecule has 3 aliphatic carbocycles. The zero-order chi connectivity index (χ0) is 27.0. The first-order valence-electron chi connectivity index (χ1n) is 11.8. The van der Waals surface area contributed by atoms with Crippen LogP contribution in [0.1, 0.15) is 30.7 Å². The molecule has 6 N–H and O–H groups in total. The Balaban J connectivity index is 0.00000336. The molecular weight excluding hydrogens is 490 g/mol. The van der Waals surface area contributed by atoms with E-state index in [1.54, 1.807) is 26.4 Å². The fourth-order valence-electron chi connectivity index (χ4n) is 6.14. The number of primary amides is 1. The third kappa shape index (κ3) is 3.55. The van der Waals surface area contributed by atoms with E-state index in [1.165, 1.54) is 11.0 Å². The maximum atomic E-state index is 13.9. The number of pyridine rings is 1. The summed E-state index contributed by atoms with van der Waals surface area (Å²) < 4.78 is 0. The van der Waals surface area contributed by atoms with Gasteiger partial charge >= 0.3 is 0 Å². The second-order valence-corrected chi connectivity index (χ2v) is 10.1. The second-order valence-electron chi connectivity index (χ2n) is 10.1. The van der Waals surface area contributed by atoms with Crippen molar-refractivity contribution in [2.45, 2.75) is 38.8 Å². The number of hydrogen-bond acceptors (Lipinski definition) is 9. The minimum atomic E-state index is -2.65. The van der Waals surface area contributed by atoms with Crippen LogP contribution in [0.15, 0.2) is 47.4 Å². The molecule has 4 atom stereocenters. The molecular formula is C28H31N3O7. The Morgan fingerprint density at radius 3 is 2.39 bits per heavy atom. The lowest BCUT2D eigenvalue weighted by Gasteiger charge is -2.50. The molecule has 2 aromatic rings. The van der Waals surface area contributed by atoms with Crippen LogP contribution in [-0.4, -0.2) is 73.5 Å². The van der Waals surface area contributed by atoms with Crippen LogP contribution >= 0.6 is 0 Å². The molecule has 0 spiro atoms. The van der Waals surface area contributed by atoms with Gasteiger partial charge in [0.15, 0.2) is 11.4 Å². The first-order valence-corrected chi connectivity index (χ1v) is 11.8. The smallest absolute Gasteiger partial charge is 0.255 e. The summed E-state index contributed by atoms with van der Waals surface area (Å²) in [6.45, 7) is 1.85. The summed E-state index contributed by atoms with van der Waals surface area (Å²) in [5.74, 6) is -6.72. The van der Waals surface area contributed by atoms with E-state index in [-0.39, 0.29) is 37.2 Å². The van der Waals surface area contributed by atoms with E-state index in [1.807, 2.05) is 19.1 Å². The van der Waals surface area contributed by atoms with Gasteiger partial charge in [-0.25, -0.2) is 0 Å². The molecule has 0 unspecified atom stereocenters. The van der Waals surface area contributed by atoms with Crippen LogP contribution < -0.4 is 5.73 Å². The third-order valence-electron chi connectivity index (χ3n) is 7.83. The lowest BCUT2D eigenvalue weighted by atomic mass is 9.57. The molecule has 1 aromatic heterocycles. The summed E-state index contributed by atoms with van der Waals surface area (Å²) >= 11 is 0. The van der Waals surface area contributed by atoms with Crippen molar-refractivity contribution >= 4 is 23.2 Å². The molecule has 10 heteroatoms. The van der Waals surface area contributed by atoms with Gasteiger partial charge in [-0.3, -0.25) is 24.3 Å². The highest BCUT2D eigenvalue weighted by Crippen LogP contribution is 2.53. The van der Waals surface area contributed by atoms with Gasteiger partial charge in [-0.15, -0.1) is 0 Å². The molecule has 5 rings (SSSR count). The lowest BCUT2D eigenvalue weighted by molar-refractivity contribution is -0.153.